The fourth-order valence-electron chi connectivity index (χ4n) is 3.14. The first kappa shape index (κ1) is 11.9. The third kappa shape index (κ3) is 2.81. The van der Waals surface area contributed by atoms with Crippen LogP contribution in [0.15, 0.2) is 0 Å². The lowest BCUT2D eigenvalue weighted by molar-refractivity contribution is -0.134. The number of hydrogen-bond donors (Lipinski definition) is 1. The molecule has 0 saturated carbocycles. The van der Waals surface area contributed by atoms with Crippen LogP contribution in [0.25, 0.3) is 0 Å². The highest BCUT2D eigenvalue weighted by atomic mass is 16.6. The maximum absolute atomic E-state index is 6.06. The van der Waals surface area contributed by atoms with Crippen molar-refractivity contribution >= 4 is 0 Å². The quantitative estimate of drug-likeness (QED) is 0.803. The van der Waals surface area contributed by atoms with Gasteiger partial charge in [0.15, 0.2) is 0 Å². The lowest BCUT2D eigenvalue weighted by atomic mass is 9.91. The van der Waals surface area contributed by atoms with E-state index in [9.17, 15) is 0 Å². The summed E-state index contributed by atoms with van der Waals surface area (Å²) >= 11 is 0. The summed E-state index contributed by atoms with van der Waals surface area (Å²) in [5, 5.41) is 3.48. The Balaban J connectivity index is 1.46. The second-order valence-electron chi connectivity index (χ2n) is 5.58. The lowest BCUT2D eigenvalue weighted by Crippen LogP contribution is -2.44. The van der Waals surface area contributed by atoms with Gasteiger partial charge < -0.3 is 19.5 Å². The molecular formula is C13H23NO3. The molecule has 3 unspecified atom stereocenters. The average Bonchev–Trinajstić information content (AvgIpc) is 2.99. The molecule has 3 heterocycles. The molecule has 0 aliphatic carbocycles. The summed E-state index contributed by atoms with van der Waals surface area (Å²) in [7, 11) is 0. The summed E-state index contributed by atoms with van der Waals surface area (Å²) < 4.78 is 17.4. The molecule has 0 bridgehead atoms. The molecular weight excluding hydrogens is 218 g/mol. The Labute approximate surface area is 103 Å². The smallest absolute Gasteiger partial charge is 0.0961 e. The van der Waals surface area contributed by atoms with Crippen LogP contribution in [0, 0.1) is 0 Å². The highest BCUT2D eigenvalue weighted by Crippen LogP contribution is 2.34. The minimum atomic E-state index is -0.0218. The van der Waals surface area contributed by atoms with Gasteiger partial charge >= 0.3 is 0 Å². The second-order valence-corrected chi connectivity index (χ2v) is 5.58. The van der Waals surface area contributed by atoms with Gasteiger partial charge in [-0.25, -0.2) is 0 Å². The Kier molecular flexibility index (Phi) is 3.66. The first-order valence-corrected chi connectivity index (χ1v) is 6.93. The van der Waals surface area contributed by atoms with Crippen molar-refractivity contribution in [1.82, 2.24) is 5.32 Å². The Morgan fingerprint density at radius 1 is 1.29 bits per heavy atom. The zero-order valence-electron chi connectivity index (χ0n) is 10.5. The van der Waals surface area contributed by atoms with E-state index in [1.807, 2.05) is 0 Å². The summed E-state index contributed by atoms with van der Waals surface area (Å²) in [4.78, 5) is 0. The van der Waals surface area contributed by atoms with Gasteiger partial charge in [-0.3, -0.25) is 0 Å². The monoisotopic (exact) mass is 241 g/mol. The molecule has 3 fully saturated rings. The van der Waals surface area contributed by atoms with E-state index in [2.05, 4.69) is 5.32 Å². The fraction of sp³-hybridized carbons (Fsp3) is 1.00. The molecule has 4 nitrogen and oxygen atoms in total. The van der Waals surface area contributed by atoms with Gasteiger partial charge in [0.05, 0.1) is 24.9 Å². The van der Waals surface area contributed by atoms with E-state index in [1.165, 1.54) is 12.8 Å². The highest BCUT2D eigenvalue weighted by Gasteiger charge is 2.41. The largest absolute Gasteiger partial charge is 0.378 e. The molecule has 0 aromatic carbocycles. The maximum atomic E-state index is 6.06. The van der Waals surface area contributed by atoms with E-state index in [0.717, 1.165) is 52.2 Å². The second kappa shape index (κ2) is 5.22. The van der Waals surface area contributed by atoms with Crippen LogP contribution in [-0.2, 0) is 14.2 Å². The van der Waals surface area contributed by atoms with Crippen LogP contribution in [0.2, 0.25) is 0 Å². The predicted molar refractivity (Wildman–Crippen MR) is 64.1 cm³/mol. The predicted octanol–water partition coefficient (Wildman–Crippen LogP) is 1.09. The molecule has 4 heteroatoms. The molecule has 0 amide bonds. The molecule has 3 atom stereocenters. The Hall–Kier alpha value is -0.160. The molecule has 17 heavy (non-hydrogen) atoms. The number of hydrogen-bond acceptors (Lipinski definition) is 4. The molecule has 1 spiro atoms. The Bertz CT molecular complexity index is 247. The average molecular weight is 241 g/mol. The number of rotatable bonds is 3. The van der Waals surface area contributed by atoms with Gasteiger partial charge in [-0.15, -0.1) is 0 Å². The topological polar surface area (TPSA) is 39.7 Å². The summed E-state index contributed by atoms with van der Waals surface area (Å²) in [6.45, 7) is 4.44. The summed E-state index contributed by atoms with van der Waals surface area (Å²) in [5.41, 5.74) is -0.0218. The van der Waals surface area contributed by atoms with Crippen molar-refractivity contribution in [2.45, 2.75) is 49.9 Å². The zero-order chi connectivity index (χ0) is 11.6. The Morgan fingerprint density at radius 2 is 2.29 bits per heavy atom. The van der Waals surface area contributed by atoms with E-state index >= 15 is 0 Å². The van der Waals surface area contributed by atoms with E-state index in [1.54, 1.807) is 0 Å². The molecule has 3 saturated heterocycles. The van der Waals surface area contributed by atoms with Gasteiger partial charge in [-0.1, -0.05) is 0 Å². The molecule has 98 valence electrons. The van der Waals surface area contributed by atoms with E-state index in [4.69, 9.17) is 14.2 Å². The van der Waals surface area contributed by atoms with Crippen LogP contribution in [-0.4, -0.2) is 50.7 Å². The minimum absolute atomic E-state index is 0.0218. The van der Waals surface area contributed by atoms with Gasteiger partial charge in [0.25, 0.3) is 0 Å². The van der Waals surface area contributed by atoms with Gasteiger partial charge in [-0.2, -0.15) is 0 Å². The van der Waals surface area contributed by atoms with Gasteiger partial charge in [0, 0.05) is 32.1 Å². The molecule has 3 aliphatic heterocycles. The van der Waals surface area contributed by atoms with Crippen LogP contribution in [0.5, 0.6) is 0 Å². The summed E-state index contributed by atoms with van der Waals surface area (Å²) in [6.07, 6.45) is 6.01. The first-order valence-electron chi connectivity index (χ1n) is 6.93. The standard InChI is InChI=1S/C13H23NO3/c1-2-11(14-5-1)9-16-12-3-6-17-13(8-12)4-7-15-10-13/h11-12,14H,1-10H2. The number of ether oxygens (including phenoxy) is 3. The molecule has 0 radical (unpaired) electrons. The first-order chi connectivity index (χ1) is 8.36. The molecule has 1 N–H and O–H groups in total. The lowest BCUT2D eigenvalue weighted by Gasteiger charge is -2.37. The molecule has 3 rings (SSSR count). The van der Waals surface area contributed by atoms with Crippen LogP contribution >= 0.6 is 0 Å². The van der Waals surface area contributed by atoms with Crippen molar-refractivity contribution in [3.8, 4) is 0 Å². The summed E-state index contributed by atoms with van der Waals surface area (Å²) in [5.74, 6) is 0. The molecule has 3 aliphatic rings. The van der Waals surface area contributed by atoms with Crippen molar-refractivity contribution in [2.24, 2.45) is 0 Å². The van der Waals surface area contributed by atoms with Crippen molar-refractivity contribution in [3.63, 3.8) is 0 Å². The van der Waals surface area contributed by atoms with Crippen molar-refractivity contribution in [2.75, 3.05) is 33.0 Å². The third-order valence-electron chi connectivity index (χ3n) is 4.21. The van der Waals surface area contributed by atoms with Crippen molar-refractivity contribution < 1.29 is 14.2 Å². The molecule has 0 aromatic heterocycles. The zero-order valence-corrected chi connectivity index (χ0v) is 10.5. The van der Waals surface area contributed by atoms with Crippen LogP contribution in [0.4, 0.5) is 0 Å². The van der Waals surface area contributed by atoms with E-state index < -0.39 is 0 Å². The highest BCUT2D eigenvalue weighted by molar-refractivity contribution is 4.91. The normalized spacial score (nSPS) is 42.4. The van der Waals surface area contributed by atoms with Crippen LogP contribution < -0.4 is 5.32 Å². The van der Waals surface area contributed by atoms with Gasteiger partial charge in [-0.05, 0) is 25.8 Å². The fourth-order valence-corrected chi connectivity index (χ4v) is 3.14. The van der Waals surface area contributed by atoms with E-state index in [0.29, 0.717) is 12.1 Å². The summed E-state index contributed by atoms with van der Waals surface area (Å²) in [6, 6.07) is 0.577. The third-order valence-corrected chi connectivity index (χ3v) is 4.21. The van der Waals surface area contributed by atoms with Crippen molar-refractivity contribution in [3.05, 3.63) is 0 Å². The Morgan fingerprint density at radius 3 is 3.06 bits per heavy atom. The van der Waals surface area contributed by atoms with Crippen LogP contribution in [0.1, 0.15) is 32.1 Å². The minimum Gasteiger partial charge on any atom is -0.378 e. The van der Waals surface area contributed by atoms with Crippen LogP contribution in [0.3, 0.4) is 0 Å². The van der Waals surface area contributed by atoms with Gasteiger partial charge in [0.1, 0.15) is 0 Å². The SMILES string of the molecule is C1CNC(COC2CCOC3(CCOC3)C2)C1. The molecule has 0 aromatic rings. The van der Waals surface area contributed by atoms with Gasteiger partial charge in [0.2, 0.25) is 0 Å². The van der Waals surface area contributed by atoms with Crippen molar-refractivity contribution in [1.29, 1.82) is 0 Å². The van der Waals surface area contributed by atoms with E-state index in [-0.39, 0.29) is 5.60 Å². The maximum Gasteiger partial charge on any atom is 0.0961 e. The number of nitrogens with one attached hydrogen (secondary N) is 1.